The molecule has 2 heteroatoms. The highest BCUT2D eigenvalue weighted by Crippen LogP contribution is 2.44. The molecule has 5 aromatic rings. The summed E-state index contributed by atoms with van der Waals surface area (Å²) in [4.78, 5) is 1.53. The zero-order valence-electron chi connectivity index (χ0n) is 15.1. The molecule has 2 heterocycles. The first-order valence-corrected chi connectivity index (χ1v) is 10.3. The number of benzene rings is 3. The Bertz CT molecular complexity index is 1310. The van der Waals surface area contributed by atoms with Crippen molar-refractivity contribution in [2.45, 2.75) is 19.3 Å². The van der Waals surface area contributed by atoms with Gasteiger partial charge in [0.15, 0.2) is 0 Å². The zero-order valence-corrected chi connectivity index (χ0v) is 16.0. The van der Waals surface area contributed by atoms with Crippen LogP contribution in [0.2, 0.25) is 0 Å². The molecule has 27 heavy (non-hydrogen) atoms. The van der Waals surface area contributed by atoms with Gasteiger partial charge < -0.3 is 4.57 Å². The third kappa shape index (κ3) is 2.05. The highest BCUT2D eigenvalue weighted by molar-refractivity contribution is 7.20. The second-order valence-electron chi connectivity index (χ2n) is 7.44. The first-order chi connectivity index (χ1) is 13.3. The van der Waals surface area contributed by atoms with Crippen LogP contribution in [0.25, 0.3) is 43.7 Å². The Morgan fingerprint density at radius 3 is 2.22 bits per heavy atom. The third-order valence-corrected chi connectivity index (χ3v) is 7.28. The average Bonchev–Trinajstić information content (AvgIpc) is 3.25. The van der Waals surface area contributed by atoms with Crippen LogP contribution in [-0.4, -0.2) is 4.57 Å². The summed E-state index contributed by atoms with van der Waals surface area (Å²) in [5.74, 6) is 0.605. The van der Waals surface area contributed by atoms with Crippen molar-refractivity contribution >= 4 is 49.3 Å². The van der Waals surface area contributed by atoms with Crippen LogP contribution >= 0.6 is 11.3 Å². The molecular weight excluding hydrogens is 346 g/mol. The lowest BCUT2D eigenvalue weighted by atomic mass is 9.94. The molecule has 6 rings (SSSR count). The summed E-state index contributed by atoms with van der Waals surface area (Å²) >= 11 is 1.98. The van der Waals surface area contributed by atoms with Crippen LogP contribution in [0, 0.1) is 0 Å². The van der Waals surface area contributed by atoms with E-state index in [1.54, 1.807) is 0 Å². The fourth-order valence-electron chi connectivity index (χ4n) is 4.54. The van der Waals surface area contributed by atoms with Gasteiger partial charge in [0.05, 0.1) is 21.4 Å². The van der Waals surface area contributed by atoms with Crippen molar-refractivity contribution in [2.75, 3.05) is 0 Å². The van der Waals surface area contributed by atoms with E-state index in [1.807, 2.05) is 11.3 Å². The molecule has 0 fully saturated rings. The van der Waals surface area contributed by atoms with Gasteiger partial charge in [0.2, 0.25) is 0 Å². The van der Waals surface area contributed by atoms with Gasteiger partial charge in [-0.15, -0.1) is 11.3 Å². The molecule has 0 bridgehead atoms. The minimum Gasteiger partial charge on any atom is -0.308 e. The molecule has 0 saturated carbocycles. The monoisotopic (exact) mass is 365 g/mol. The summed E-state index contributed by atoms with van der Waals surface area (Å²) in [6.07, 6.45) is 5.79. The minimum absolute atomic E-state index is 0.605. The maximum Gasteiger partial charge on any atom is 0.0640 e. The van der Waals surface area contributed by atoms with E-state index in [0.29, 0.717) is 5.92 Å². The molecule has 130 valence electrons. The summed E-state index contributed by atoms with van der Waals surface area (Å²) < 4.78 is 3.84. The van der Waals surface area contributed by atoms with E-state index >= 15 is 0 Å². The van der Waals surface area contributed by atoms with Crippen molar-refractivity contribution in [3.63, 3.8) is 0 Å². The Morgan fingerprint density at radius 2 is 1.48 bits per heavy atom. The molecule has 0 amide bonds. The number of aromatic nitrogens is 1. The summed E-state index contributed by atoms with van der Waals surface area (Å²) in [5, 5.41) is 4.02. The normalized spacial score (nSPS) is 16.4. The van der Waals surface area contributed by atoms with Crippen LogP contribution in [0.4, 0.5) is 0 Å². The van der Waals surface area contributed by atoms with Crippen molar-refractivity contribution in [1.29, 1.82) is 0 Å². The van der Waals surface area contributed by atoms with Gasteiger partial charge in [-0.1, -0.05) is 67.6 Å². The zero-order chi connectivity index (χ0) is 18.0. The van der Waals surface area contributed by atoms with Crippen molar-refractivity contribution in [1.82, 2.24) is 4.57 Å². The highest BCUT2D eigenvalue weighted by atomic mass is 32.1. The highest BCUT2D eigenvalue weighted by Gasteiger charge is 2.21. The average molecular weight is 366 g/mol. The van der Waals surface area contributed by atoms with Crippen molar-refractivity contribution in [2.24, 2.45) is 0 Å². The maximum absolute atomic E-state index is 2.45. The van der Waals surface area contributed by atoms with Crippen LogP contribution in [0.1, 0.15) is 29.7 Å². The molecule has 0 radical (unpaired) electrons. The molecule has 1 atom stereocenters. The first kappa shape index (κ1) is 15.2. The molecule has 0 saturated heterocycles. The summed E-state index contributed by atoms with van der Waals surface area (Å²) in [6, 6.07) is 24.3. The van der Waals surface area contributed by atoms with Gasteiger partial charge in [-0.2, -0.15) is 0 Å². The lowest BCUT2D eigenvalue weighted by molar-refractivity contribution is 0.791. The largest absolute Gasteiger partial charge is 0.308 e. The fraction of sp³-hybridized carbons (Fsp3) is 0.120. The molecule has 1 nitrogen and oxygen atoms in total. The second-order valence-corrected chi connectivity index (χ2v) is 8.49. The minimum atomic E-state index is 0.605. The summed E-state index contributed by atoms with van der Waals surface area (Å²) in [6.45, 7) is 2.35. The number of allylic oxidation sites excluding steroid dienone is 1. The molecule has 2 aromatic heterocycles. The summed E-state index contributed by atoms with van der Waals surface area (Å²) in [5.41, 5.74) is 5.28. The quantitative estimate of drug-likeness (QED) is 0.289. The van der Waals surface area contributed by atoms with Gasteiger partial charge in [0, 0.05) is 21.0 Å². The summed E-state index contributed by atoms with van der Waals surface area (Å²) in [7, 11) is 0. The number of hydrogen-bond acceptors (Lipinski definition) is 1. The number of rotatable bonds is 1. The van der Waals surface area contributed by atoms with E-state index in [1.165, 1.54) is 48.0 Å². The second kappa shape index (κ2) is 5.58. The maximum atomic E-state index is 2.45. The molecule has 1 unspecified atom stereocenters. The van der Waals surface area contributed by atoms with E-state index in [0.717, 1.165) is 6.42 Å². The van der Waals surface area contributed by atoms with Crippen LogP contribution in [-0.2, 0) is 0 Å². The Morgan fingerprint density at radius 1 is 0.815 bits per heavy atom. The Kier molecular flexibility index (Phi) is 3.15. The van der Waals surface area contributed by atoms with Gasteiger partial charge >= 0.3 is 0 Å². The topological polar surface area (TPSA) is 4.93 Å². The van der Waals surface area contributed by atoms with Gasteiger partial charge in [0.1, 0.15) is 0 Å². The molecular formula is C25H19NS. The predicted molar refractivity (Wildman–Crippen MR) is 118 cm³/mol. The number of thiophene rings is 1. The smallest absolute Gasteiger partial charge is 0.0640 e. The Balaban J connectivity index is 1.78. The van der Waals surface area contributed by atoms with E-state index in [9.17, 15) is 0 Å². The van der Waals surface area contributed by atoms with Crippen LogP contribution < -0.4 is 0 Å². The van der Waals surface area contributed by atoms with E-state index in [-0.39, 0.29) is 0 Å². The Labute approximate surface area is 162 Å². The lowest BCUT2D eigenvalue weighted by Gasteiger charge is -2.12. The van der Waals surface area contributed by atoms with Crippen LogP contribution in [0.15, 0.2) is 72.8 Å². The predicted octanol–water partition coefficient (Wildman–Crippen LogP) is 7.52. The standard InChI is InChI=1S/C25H19NS/c1-16-8-6-11-19-20-12-7-15-23(25(20)27-24(16)19)26-21-13-4-2-9-17(21)18-10-3-5-14-22(18)26/h2-7,9-16H,8H2,1H3. The number of nitrogens with zero attached hydrogens (tertiary/aromatic N) is 1. The number of para-hydroxylation sites is 2. The Hall–Kier alpha value is -2.84. The number of fused-ring (bicyclic) bond motifs is 6. The van der Waals surface area contributed by atoms with E-state index in [4.69, 9.17) is 0 Å². The van der Waals surface area contributed by atoms with E-state index < -0.39 is 0 Å². The van der Waals surface area contributed by atoms with Crippen molar-refractivity contribution in [3.05, 3.63) is 83.2 Å². The third-order valence-electron chi connectivity index (χ3n) is 5.80. The van der Waals surface area contributed by atoms with Gasteiger partial charge in [-0.3, -0.25) is 0 Å². The molecule has 0 aliphatic heterocycles. The molecule has 3 aromatic carbocycles. The molecule has 0 spiro atoms. The molecule has 1 aliphatic rings. The fourth-order valence-corrected chi connectivity index (χ4v) is 5.89. The number of hydrogen-bond donors (Lipinski definition) is 0. The van der Waals surface area contributed by atoms with Crippen LogP contribution in [0.5, 0.6) is 0 Å². The SMILES string of the molecule is CC1CC=Cc2c1sc1c(-n3c4ccccc4c4ccccc43)cccc21. The van der Waals surface area contributed by atoms with Crippen LogP contribution in [0.3, 0.4) is 0 Å². The van der Waals surface area contributed by atoms with Gasteiger partial charge in [-0.25, -0.2) is 0 Å². The first-order valence-electron chi connectivity index (χ1n) is 9.53. The van der Waals surface area contributed by atoms with Crippen molar-refractivity contribution < 1.29 is 0 Å². The molecule has 1 aliphatic carbocycles. The van der Waals surface area contributed by atoms with Gasteiger partial charge in [0.25, 0.3) is 0 Å². The molecule has 0 N–H and O–H groups in total. The van der Waals surface area contributed by atoms with E-state index in [2.05, 4.69) is 90.4 Å². The lowest BCUT2D eigenvalue weighted by Crippen LogP contribution is -1.94. The van der Waals surface area contributed by atoms with Crippen molar-refractivity contribution in [3.8, 4) is 5.69 Å². The van der Waals surface area contributed by atoms with Gasteiger partial charge in [-0.05, 0) is 36.1 Å².